The van der Waals surface area contributed by atoms with E-state index in [1.165, 1.54) is 0 Å². The van der Waals surface area contributed by atoms with Crippen molar-refractivity contribution in [2.45, 2.75) is 6.42 Å². The molecule has 0 atom stereocenters. The van der Waals surface area contributed by atoms with E-state index in [0.29, 0.717) is 49.3 Å². The lowest BCUT2D eigenvalue weighted by molar-refractivity contribution is -0.131. The van der Waals surface area contributed by atoms with Gasteiger partial charge in [0.05, 0.1) is 11.1 Å². The summed E-state index contributed by atoms with van der Waals surface area (Å²) in [4.78, 5) is 57.2. The first-order valence-corrected chi connectivity index (χ1v) is 10.7. The minimum Gasteiger partial charge on any atom is -0.378 e. The van der Waals surface area contributed by atoms with Crippen LogP contribution < -0.4 is 4.90 Å². The van der Waals surface area contributed by atoms with Crippen LogP contribution in [0, 0.1) is 0 Å². The summed E-state index contributed by atoms with van der Waals surface area (Å²) in [6, 6.07) is 14.0. The first-order valence-electron chi connectivity index (χ1n) is 10.7. The number of carbonyl (C=O) groups excluding carboxylic acids is 4. The molecule has 0 radical (unpaired) electrons. The molecule has 0 N–H and O–H groups in total. The summed E-state index contributed by atoms with van der Waals surface area (Å²) in [5, 5.41) is 0. The Morgan fingerprint density at radius 1 is 0.812 bits per heavy atom. The molecule has 8 heteroatoms. The van der Waals surface area contributed by atoms with Crippen LogP contribution >= 0.6 is 0 Å². The van der Waals surface area contributed by atoms with Gasteiger partial charge < -0.3 is 14.7 Å². The molecule has 2 aliphatic rings. The van der Waals surface area contributed by atoms with Crippen LogP contribution in [0.3, 0.4) is 0 Å². The first-order chi connectivity index (χ1) is 15.4. The quantitative estimate of drug-likeness (QED) is 0.685. The zero-order chi connectivity index (χ0) is 22.8. The Morgan fingerprint density at radius 2 is 1.38 bits per heavy atom. The van der Waals surface area contributed by atoms with Crippen molar-refractivity contribution in [1.29, 1.82) is 0 Å². The van der Waals surface area contributed by atoms with Crippen molar-refractivity contribution in [2.24, 2.45) is 0 Å². The highest BCUT2D eigenvalue weighted by atomic mass is 16.2. The third-order valence-electron chi connectivity index (χ3n) is 5.94. The van der Waals surface area contributed by atoms with E-state index in [1.54, 1.807) is 34.1 Å². The van der Waals surface area contributed by atoms with Gasteiger partial charge in [0.15, 0.2) is 0 Å². The second kappa shape index (κ2) is 8.82. The smallest absolute Gasteiger partial charge is 0.262 e. The molecule has 2 heterocycles. The summed E-state index contributed by atoms with van der Waals surface area (Å²) in [6.07, 6.45) is 0.634. The Hall–Kier alpha value is -3.68. The van der Waals surface area contributed by atoms with Crippen LogP contribution in [0.2, 0.25) is 0 Å². The molecule has 2 aliphatic heterocycles. The molecule has 0 unspecified atom stereocenters. The van der Waals surface area contributed by atoms with Crippen molar-refractivity contribution < 1.29 is 19.2 Å². The summed E-state index contributed by atoms with van der Waals surface area (Å²) < 4.78 is 0. The van der Waals surface area contributed by atoms with Crippen molar-refractivity contribution in [3.63, 3.8) is 0 Å². The van der Waals surface area contributed by atoms with Gasteiger partial charge in [0.25, 0.3) is 17.7 Å². The van der Waals surface area contributed by atoms with Crippen molar-refractivity contribution in [3.05, 3.63) is 65.2 Å². The molecule has 2 aromatic rings. The monoisotopic (exact) mass is 434 g/mol. The molecule has 0 bridgehead atoms. The largest absolute Gasteiger partial charge is 0.378 e. The Balaban J connectivity index is 1.37. The molecule has 166 valence electrons. The maximum atomic E-state index is 12.9. The molecule has 0 aromatic heterocycles. The van der Waals surface area contributed by atoms with Gasteiger partial charge in [-0.15, -0.1) is 0 Å². The standard InChI is InChI=1S/C24H26N4O4/c1-25(2)18-10-8-17(9-11-18)22(30)27-13-5-12-26(14-15-27)21(29)16-28-23(31)19-6-3-4-7-20(19)24(28)32/h3-4,6-11H,5,12-16H2,1-2H3. The van der Waals surface area contributed by atoms with Gasteiger partial charge in [-0.05, 0) is 42.8 Å². The second-order valence-corrected chi connectivity index (χ2v) is 8.21. The third kappa shape index (κ3) is 4.08. The fourth-order valence-electron chi connectivity index (χ4n) is 4.07. The number of imide groups is 1. The van der Waals surface area contributed by atoms with Crippen molar-refractivity contribution >= 4 is 29.3 Å². The van der Waals surface area contributed by atoms with E-state index in [4.69, 9.17) is 0 Å². The van der Waals surface area contributed by atoms with Crippen molar-refractivity contribution in [1.82, 2.24) is 14.7 Å². The fourth-order valence-corrected chi connectivity index (χ4v) is 4.07. The van der Waals surface area contributed by atoms with Crippen LogP contribution in [0.15, 0.2) is 48.5 Å². The van der Waals surface area contributed by atoms with Crippen LogP contribution in [-0.2, 0) is 4.79 Å². The molecular weight excluding hydrogens is 408 g/mol. The zero-order valence-corrected chi connectivity index (χ0v) is 18.3. The summed E-state index contributed by atoms with van der Waals surface area (Å²) in [5.74, 6) is -1.23. The molecule has 0 saturated carbocycles. The third-order valence-corrected chi connectivity index (χ3v) is 5.94. The van der Waals surface area contributed by atoms with Gasteiger partial charge in [0, 0.05) is 51.5 Å². The fraction of sp³-hybridized carbons (Fsp3) is 0.333. The van der Waals surface area contributed by atoms with E-state index in [9.17, 15) is 19.2 Å². The van der Waals surface area contributed by atoms with Gasteiger partial charge in [-0.25, -0.2) is 0 Å². The zero-order valence-electron chi connectivity index (χ0n) is 18.3. The van der Waals surface area contributed by atoms with E-state index in [2.05, 4.69) is 0 Å². The highest BCUT2D eigenvalue weighted by Gasteiger charge is 2.37. The molecule has 4 rings (SSSR count). The summed E-state index contributed by atoms with van der Waals surface area (Å²) in [5.41, 5.74) is 2.29. The van der Waals surface area contributed by atoms with Crippen LogP contribution in [-0.4, -0.2) is 85.1 Å². The number of amides is 4. The normalized spacial score (nSPS) is 16.1. The Bertz CT molecular complexity index is 1030. The second-order valence-electron chi connectivity index (χ2n) is 8.21. The van der Waals surface area contributed by atoms with E-state index in [-0.39, 0.29) is 18.4 Å². The highest BCUT2D eigenvalue weighted by molar-refractivity contribution is 6.22. The van der Waals surface area contributed by atoms with Gasteiger partial charge >= 0.3 is 0 Å². The molecular formula is C24H26N4O4. The van der Waals surface area contributed by atoms with E-state index in [0.717, 1.165) is 10.6 Å². The lowest BCUT2D eigenvalue weighted by atomic mass is 10.1. The average molecular weight is 434 g/mol. The Kier molecular flexibility index (Phi) is 5.94. The molecule has 1 saturated heterocycles. The number of anilines is 1. The molecule has 32 heavy (non-hydrogen) atoms. The van der Waals surface area contributed by atoms with Gasteiger partial charge in [-0.3, -0.25) is 24.1 Å². The van der Waals surface area contributed by atoms with Gasteiger partial charge in [0.2, 0.25) is 5.91 Å². The Labute approximate surface area is 187 Å². The molecule has 4 amide bonds. The molecule has 0 aliphatic carbocycles. The number of nitrogens with zero attached hydrogens (tertiary/aromatic N) is 4. The van der Waals surface area contributed by atoms with Crippen LogP contribution in [0.1, 0.15) is 37.5 Å². The van der Waals surface area contributed by atoms with Crippen LogP contribution in [0.5, 0.6) is 0 Å². The van der Waals surface area contributed by atoms with Crippen molar-refractivity contribution in [3.8, 4) is 0 Å². The SMILES string of the molecule is CN(C)c1ccc(C(=O)N2CCCN(C(=O)CN3C(=O)c4ccccc4C3=O)CC2)cc1. The predicted octanol–water partition coefficient (Wildman–Crippen LogP) is 1.72. The number of hydrogen-bond donors (Lipinski definition) is 0. The number of carbonyl (C=O) groups is 4. The number of hydrogen-bond acceptors (Lipinski definition) is 5. The minimum atomic E-state index is -0.438. The summed E-state index contributed by atoms with van der Waals surface area (Å²) >= 11 is 0. The summed E-state index contributed by atoms with van der Waals surface area (Å²) in [6.45, 7) is 1.51. The maximum absolute atomic E-state index is 12.9. The van der Waals surface area contributed by atoms with Crippen LogP contribution in [0.4, 0.5) is 5.69 Å². The molecule has 1 fully saturated rings. The lowest BCUT2D eigenvalue weighted by Crippen LogP contribution is -2.44. The lowest BCUT2D eigenvalue weighted by Gasteiger charge is -2.24. The van der Waals surface area contributed by atoms with Gasteiger partial charge in [-0.2, -0.15) is 0 Å². The van der Waals surface area contributed by atoms with Crippen molar-refractivity contribution in [2.75, 3.05) is 51.7 Å². The molecule has 2 aromatic carbocycles. The minimum absolute atomic E-state index is 0.0649. The van der Waals surface area contributed by atoms with E-state index < -0.39 is 11.8 Å². The molecule has 0 spiro atoms. The highest BCUT2D eigenvalue weighted by Crippen LogP contribution is 2.22. The topological polar surface area (TPSA) is 81.2 Å². The first kappa shape index (κ1) is 21.5. The van der Waals surface area contributed by atoms with Crippen LogP contribution in [0.25, 0.3) is 0 Å². The maximum Gasteiger partial charge on any atom is 0.262 e. The van der Waals surface area contributed by atoms with E-state index in [1.807, 2.05) is 43.3 Å². The van der Waals surface area contributed by atoms with Gasteiger partial charge in [0.1, 0.15) is 6.54 Å². The molecule has 8 nitrogen and oxygen atoms in total. The number of fused-ring (bicyclic) bond motifs is 1. The average Bonchev–Trinajstić information content (AvgIpc) is 2.97. The predicted molar refractivity (Wildman–Crippen MR) is 120 cm³/mol. The van der Waals surface area contributed by atoms with Gasteiger partial charge in [-0.1, -0.05) is 12.1 Å². The number of rotatable bonds is 4. The Morgan fingerprint density at radius 3 is 1.97 bits per heavy atom. The number of benzene rings is 2. The van der Waals surface area contributed by atoms with E-state index >= 15 is 0 Å². The summed E-state index contributed by atoms with van der Waals surface area (Å²) in [7, 11) is 3.89.